The lowest BCUT2D eigenvalue weighted by molar-refractivity contribution is -0.384. The van der Waals surface area contributed by atoms with E-state index in [0.717, 1.165) is 15.3 Å². The Balaban J connectivity index is 1.45. The predicted molar refractivity (Wildman–Crippen MR) is 165 cm³/mol. The Morgan fingerprint density at radius 2 is 1.72 bits per heavy atom. The number of carbonyl (C=O) groups excluding carboxylic acids is 1. The summed E-state index contributed by atoms with van der Waals surface area (Å²) < 4.78 is 33.7. The normalized spacial score (nSPS) is 11.7. The van der Waals surface area contributed by atoms with Crippen LogP contribution in [0.3, 0.4) is 0 Å². The highest BCUT2D eigenvalue weighted by atomic mass is 32.2. The molecule has 11 nitrogen and oxygen atoms in total. The number of benzene rings is 4. The summed E-state index contributed by atoms with van der Waals surface area (Å²) in [7, 11) is -0.773. The maximum absolute atomic E-state index is 13.8. The molecular weight excluding hydrogens is 590 g/mol. The molecule has 13 heteroatoms. The molecular formula is C30H25N5O6S2. The topological polar surface area (TPSA) is 135 Å². The zero-order valence-electron chi connectivity index (χ0n) is 23.0. The number of hydrogen-bond donors (Lipinski definition) is 0. The number of rotatable bonds is 10. The van der Waals surface area contributed by atoms with Gasteiger partial charge in [0.25, 0.3) is 11.6 Å². The van der Waals surface area contributed by atoms with E-state index in [9.17, 15) is 23.3 Å². The Morgan fingerprint density at radius 1 is 1.02 bits per heavy atom. The zero-order chi connectivity index (χ0) is 30.6. The number of sulfonamides is 1. The molecule has 0 unspecified atom stereocenters. The molecule has 0 aliphatic carbocycles. The molecule has 0 atom stereocenters. The van der Waals surface area contributed by atoms with E-state index in [-0.39, 0.29) is 27.8 Å². The number of thiazole rings is 1. The van der Waals surface area contributed by atoms with Gasteiger partial charge in [0.15, 0.2) is 0 Å². The molecule has 1 heterocycles. The Bertz CT molecular complexity index is 1910. The number of aromatic nitrogens is 1. The molecule has 43 heavy (non-hydrogen) atoms. The van der Waals surface area contributed by atoms with Gasteiger partial charge in [-0.1, -0.05) is 41.7 Å². The fourth-order valence-electron chi connectivity index (χ4n) is 4.10. The number of nitrogens with zero attached hydrogens (tertiary/aromatic N) is 5. The second-order valence-electron chi connectivity index (χ2n) is 9.31. The Morgan fingerprint density at radius 3 is 2.37 bits per heavy atom. The highest BCUT2D eigenvalue weighted by Crippen LogP contribution is 2.32. The molecule has 218 valence electrons. The summed E-state index contributed by atoms with van der Waals surface area (Å²) in [5, 5.41) is 16.8. The fraction of sp³-hybridized carbons (Fsp3) is 0.100. The van der Waals surface area contributed by atoms with Gasteiger partial charge < -0.3 is 4.74 Å². The van der Waals surface area contributed by atoms with Crippen LogP contribution < -0.4 is 9.75 Å². The van der Waals surface area contributed by atoms with Crippen molar-refractivity contribution in [3.05, 3.63) is 124 Å². The molecule has 4 aromatic carbocycles. The fourth-order valence-corrected chi connectivity index (χ4v) is 6.21. The van der Waals surface area contributed by atoms with E-state index in [0.29, 0.717) is 16.8 Å². The van der Waals surface area contributed by atoms with Gasteiger partial charge in [-0.3, -0.25) is 14.9 Å². The first kappa shape index (κ1) is 29.5. The molecule has 0 N–H and O–H groups in total. The van der Waals surface area contributed by atoms with Crippen molar-refractivity contribution in [2.45, 2.75) is 11.4 Å². The summed E-state index contributed by atoms with van der Waals surface area (Å²) in [6.07, 6.45) is 1.39. The average molecular weight is 616 g/mol. The first-order valence-corrected chi connectivity index (χ1v) is 15.1. The van der Waals surface area contributed by atoms with Gasteiger partial charge in [-0.05, 0) is 65.7 Å². The number of fused-ring (bicyclic) bond motifs is 1. The summed E-state index contributed by atoms with van der Waals surface area (Å²) >= 11 is 1.22. The van der Waals surface area contributed by atoms with Gasteiger partial charge >= 0.3 is 0 Å². The second-order valence-corrected chi connectivity index (χ2v) is 12.4. The number of hydrogen-bond acceptors (Lipinski definition) is 9. The number of ether oxygens (including phenoxy) is 1. The monoisotopic (exact) mass is 615 g/mol. The predicted octanol–water partition coefficient (Wildman–Crippen LogP) is 5.71. The Kier molecular flexibility index (Phi) is 8.57. The summed E-state index contributed by atoms with van der Waals surface area (Å²) in [5.74, 6) is 0.0785. The van der Waals surface area contributed by atoms with Crippen molar-refractivity contribution >= 4 is 54.5 Å². The minimum absolute atomic E-state index is 0.0375. The van der Waals surface area contributed by atoms with Crippen molar-refractivity contribution in [1.29, 1.82) is 0 Å². The number of carbonyl (C=O) groups is 1. The zero-order valence-corrected chi connectivity index (χ0v) is 24.7. The number of amides is 1. The molecule has 0 spiro atoms. The highest BCUT2D eigenvalue weighted by Gasteiger charge is 2.24. The summed E-state index contributed by atoms with van der Waals surface area (Å²) in [6.45, 7) is 0.192. The quantitative estimate of drug-likeness (QED) is 0.111. The van der Waals surface area contributed by atoms with Crippen molar-refractivity contribution in [1.82, 2.24) is 9.29 Å². The van der Waals surface area contributed by atoms with Crippen LogP contribution in [-0.2, 0) is 16.6 Å². The Labute approximate surface area is 251 Å². The maximum atomic E-state index is 13.8. The average Bonchev–Trinajstić information content (AvgIpc) is 3.44. The summed E-state index contributed by atoms with van der Waals surface area (Å²) in [5.41, 5.74) is 2.11. The van der Waals surface area contributed by atoms with Crippen LogP contribution >= 0.6 is 11.3 Å². The molecule has 5 aromatic rings. The number of hydrazone groups is 1. The first-order valence-electron chi connectivity index (χ1n) is 12.8. The number of non-ortho nitro benzene ring substituents is 1. The molecule has 0 bridgehead atoms. The number of nitro benzene ring substituents is 1. The van der Waals surface area contributed by atoms with Crippen LogP contribution in [0.1, 0.15) is 21.5 Å². The van der Waals surface area contributed by atoms with E-state index in [1.54, 1.807) is 25.3 Å². The van der Waals surface area contributed by atoms with Gasteiger partial charge in [-0.25, -0.2) is 13.4 Å². The molecule has 0 fully saturated rings. The van der Waals surface area contributed by atoms with Crippen LogP contribution in [0.2, 0.25) is 0 Å². The molecule has 0 aliphatic heterocycles. The maximum Gasteiger partial charge on any atom is 0.280 e. The second kappa shape index (κ2) is 12.5. The Hall–Kier alpha value is -4.98. The van der Waals surface area contributed by atoms with E-state index in [2.05, 4.69) is 10.1 Å². The smallest absolute Gasteiger partial charge is 0.280 e. The van der Waals surface area contributed by atoms with Gasteiger partial charge in [0.1, 0.15) is 5.75 Å². The van der Waals surface area contributed by atoms with Crippen molar-refractivity contribution < 1.29 is 22.9 Å². The highest BCUT2D eigenvalue weighted by molar-refractivity contribution is 7.89. The number of nitro groups is 1. The van der Waals surface area contributed by atoms with E-state index >= 15 is 0 Å². The molecule has 1 amide bonds. The molecule has 0 radical (unpaired) electrons. The summed E-state index contributed by atoms with van der Waals surface area (Å²) in [4.78, 5) is 28.9. The number of anilines is 1. The van der Waals surface area contributed by atoms with E-state index in [4.69, 9.17) is 4.74 Å². The minimum Gasteiger partial charge on any atom is -0.497 e. The van der Waals surface area contributed by atoms with Crippen molar-refractivity contribution in [3.63, 3.8) is 0 Å². The first-order chi connectivity index (χ1) is 20.7. The van der Waals surface area contributed by atoms with Crippen LogP contribution in [0, 0.1) is 10.1 Å². The minimum atomic E-state index is -3.82. The van der Waals surface area contributed by atoms with E-state index < -0.39 is 20.9 Å². The van der Waals surface area contributed by atoms with Gasteiger partial charge in [-0.2, -0.15) is 14.4 Å². The van der Waals surface area contributed by atoms with Crippen LogP contribution in [0.25, 0.3) is 10.2 Å². The van der Waals surface area contributed by atoms with Crippen molar-refractivity contribution in [2.24, 2.45) is 5.10 Å². The lowest BCUT2D eigenvalue weighted by Gasteiger charge is -2.18. The standard InChI is InChI=1S/C30H25N5O6S2/c1-33(20-22-6-4-3-5-7-22)43(39,40)26-15-10-23(11-16-26)29(36)34(31-19-21-8-12-24(13-9-21)35(37)38)30-32-27-17-14-25(41-2)18-28(27)42-30/h3-19H,20H2,1-2H3/b31-19+. The SMILES string of the molecule is COc1ccc2nc(N(/N=C/c3ccc([N+](=O)[O-])cc3)C(=O)c3ccc(S(=O)(=O)N(C)Cc4ccccc4)cc3)sc2c1. The van der Waals surface area contributed by atoms with E-state index in [1.807, 2.05) is 30.3 Å². The number of methoxy groups -OCH3 is 1. The van der Waals surface area contributed by atoms with Crippen LogP contribution in [0.15, 0.2) is 107 Å². The van der Waals surface area contributed by atoms with Crippen LogP contribution in [0.5, 0.6) is 5.75 Å². The third-order valence-corrected chi connectivity index (χ3v) is 9.25. The van der Waals surface area contributed by atoms with E-state index in [1.165, 1.54) is 77.4 Å². The van der Waals surface area contributed by atoms with Gasteiger partial charge in [0.2, 0.25) is 15.2 Å². The third-order valence-electron chi connectivity index (χ3n) is 6.44. The molecule has 5 rings (SSSR count). The van der Waals surface area contributed by atoms with Gasteiger partial charge in [-0.15, -0.1) is 0 Å². The largest absolute Gasteiger partial charge is 0.497 e. The van der Waals surface area contributed by atoms with Crippen LogP contribution in [-0.4, -0.2) is 48.9 Å². The van der Waals surface area contributed by atoms with Crippen LogP contribution in [0.4, 0.5) is 10.8 Å². The van der Waals surface area contributed by atoms with Crippen molar-refractivity contribution in [2.75, 3.05) is 19.2 Å². The molecule has 0 aliphatic rings. The lowest BCUT2D eigenvalue weighted by Crippen LogP contribution is -2.27. The molecule has 0 saturated carbocycles. The van der Waals surface area contributed by atoms with Gasteiger partial charge in [0, 0.05) is 31.3 Å². The lowest BCUT2D eigenvalue weighted by atomic mass is 10.2. The van der Waals surface area contributed by atoms with Crippen molar-refractivity contribution in [3.8, 4) is 5.75 Å². The molecule has 0 saturated heterocycles. The molecule has 1 aromatic heterocycles. The van der Waals surface area contributed by atoms with Gasteiger partial charge in [0.05, 0.1) is 33.4 Å². The summed E-state index contributed by atoms with van der Waals surface area (Å²) in [6, 6.07) is 25.9. The third kappa shape index (κ3) is 6.59.